The van der Waals surface area contributed by atoms with E-state index in [1.54, 1.807) is 6.07 Å². The monoisotopic (exact) mass is 278 g/mol. The second-order valence-electron chi connectivity index (χ2n) is 3.49. The molecule has 0 amide bonds. The van der Waals surface area contributed by atoms with E-state index >= 15 is 0 Å². The standard InChI is InChI=1S/C11H9N3O4S/c15-10(16)8-2-4-9(5-3-8)19(17,18)14-11-12-6-1-7-13-11/h1-7H,(H,15,16)(H,12,13,14)/p-1. The van der Waals surface area contributed by atoms with Gasteiger partial charge in [0, 0.05) is 12.4 Å². The van der Waals surface area contributed by atoms with Crippen LogP contribution in [0.3, 0.4) is 0 Å². The first kappa shape index (κ1) is 13.0. The fraction of sp³-hybridized carbons (Fsp3) is 0. The number of nitrogens with zero attached hydrogens (tertiary/aromatic N) is 2. The average Bonchev–Trinajstić information content (AvgIpc) is 2.39. The highest BCUT2D eigenvalue weighted by atomic mass is 32.2. The van der Waals surface area contributed by atoms with Gasteiger partial charge in [-0.1, -0.05) is 12.1 Å². The van der Waals surface area contributed by atoms with E-state index in [1.165, 1.54) is 12.4 Å². The largest absolute Gasteiger partial charge is 0.545 e. The van der Waals surface area contributed by atoms with Crippen molar-refractivity contribution >= 4 is 21.9 Å². The maximum atomic E-state index is 11.9. The molecule has 0 aliphatic rings. The first-order chi connectivity index (χ1) is 8.99. The fourth-order valence-electron chi connectivity index (χ4n) is 1.30. The molecule has 98 valence electrons. The van der Waals surface area contributed by atoms with Crippen molar-refractivity contribution in [1.29, 1.82) is 0 Å². The van der Waals surface area contributed by atoms with Gasteiger partial charge in [0.25, 0.3) is 10.0 Å². The summed E-state index contributed by atoms with van der Waals surface area (Å²) >= 11 is 0. The van der Waals surface area contributed by atoms with Crippen molar-refractivity contribution in [2.75, 3.05) is 4.72 Å². The fourth-order valence-corrected chi connectivity index (χ4v) is 2.26. The third kappa shape index (κ3) is 3.05. The molecule has 0 aliphatic carbocycles. The van der Waals surface area contributed by atoms with E-state index < -0.39 is 16.0 Å². The number of benzene rings is 1. The van der Waals surface area contributed by atoms with Crippen LogP contribution in [-0.2, 0) is 10.0 Å². The summed E-state index contributed by atoms with van der Waals surface area (Å²) in [5.41, 5.74) is -0.102. The normalized spacial score (nSPS) is 10.9. The minimum absolute atomic E-state index is 0.0634. The van der Waals surface area contributed by atoms with Gasteiger partial charge in [0.1, 0.15) is 0 Å². The third-order valence-electron chi connectivity index (χ3n) is 2.19. The van der Waals surface area contributed by atoms with Crippen LogP contribution in [0.15, 0.2) is 47.6 Å². The minimum Gasteiger partial charge on any atom is -0.545 e. The lowest BCUT2D eigenvalue weighted by Crippen LogP contribution is -2.22. The van der Waals surface area contributed by atoms with Crippen LogP contribution in [0.25, 0.3) is 0 Å². The summed E-state index contributed by atoms with van der Waals surface area (Å²) in [6.45, 7) is 0. The number of carbonyl (C=O) groups excluding carboxylic acids is 1. The van der Waals surface area contributed by atoms with Gasteiger partial charge in [0.15, 0.2) is 0 Å². The SMILES string of the molecule is O=C([O-])c1ccc(S(=O)(=O)Nc2ncccn2)cc1. The number of nitrogens with one attached hydrogen (secondary N) is 1. The van der Waals surface area contributed by atoms with Crippen molar-refractivity contribution < 1.29 is 18.3 Å². The smallest absolute Gasteiger partial charge is 0.264 e. The quantitative estimate of drug-likeness (QED) is 0.817. The molecule has 0 spiro atoms. The average molecular weight is 278 g/mol. The molecule has 1 aromatic heterocycles. The number of carboxylic acids is 1. The van der Waals surface area contributed by atoms with Gasteiger partial charge in [0.05, 0.1) is 10.9 Å². The van der Waals surface area contributed by atoms with Crippen LogP contribution in [0.4, 0.5) is 5.95 Å². The van der Waals surface area contributed by atoms with Crippen LogP contribution in [0.1, 0.15) is 10.4 Å². The first-order valence-electron chi connectivity index (χ1n) is 5.10. The molecule has 8 heteroatoms. The van der Waals surface area contributed by atoms with E-state index in [0.29, 0.717) is 0 Å². The maximum absolute atomic E-state index is 11.9. The molecule has 1 N–H and O–H groups in total. The highest BCUT2D eigenvalue weighted by Gasteiger charge is 2.15. The lowest BCUT2D eigenvalue weighted by atomic mass is 10.2. The summed E-state index contributed by atoms with van der Waals surface area (Å²) < 4.78 is 26.0. The molecule has 1 aromatic carbocycles. The Hall–Kier alpha value is -2.48. The van der Waals surface area contributed by atoms with E-state index in [-0.39, 0.29) is 16.4 Å². The molecule has 0 bridgehead atoms. The number of aromatic nitrogens is 2. The highest BCUT2D eigenvalue weighted by Crippen LogP contribution is 2.13. The predicted octanol–water partition coefficient (Wildman–Crippen LogP) is -0.359. The summed E-state index contributed by atoms with van der Waals surface area (Å²) in [5.74, 6) is -1.44. The zero-order chi connectivity index (χ0) is 13.9. The lowest BCUT2D eigenvalue weighted by molar-refractivity contribution is -0.255. The van der Waals surface area contributed by atoms with Gasteiger partial charge in [-0.15, -0.1) is 0 Å². The number of sulfonamides is 1. The van der Waals surface area contributed by atoms with Crippen molar-refractivity contribution in [2.45, 2.75) is 4.90 Å². The van der Waals surface area contributed by atoms with E-state index in [2.05, 4.69) is 14.7 Å². The van der Waals surface area contributed by atoms with E-state index in [4.69, 9.17) is 0 Å². The summed E-state index contributed by atoms with van der Waals surface area (Å²) in [5, 5.41) is 10.6. The Labute approximate surface area is 109 Å². The van der Waals surface area contributed by atoms with Gasteiger partial charge in [0.2, 0.25) is 5.95 Å². The number of rotatable bonds is 4. The van der Waals surface area contributed by atoms with Crippen LogP contribution < -0.4 is 9.83 Å². The van der Waals surface area contributed by atoms with Crippen molar-refractivity contribution in [3.8, 4) is 0 Å². The summed E-state index contributed by atoms with van der Waals surface area (Å²) in [6, 6.07) is 6.17. The molecule has 7 nitrogen and oxygen atoms in total. The Kier molecular flexibility index (Phi) is 3.43. The second kappa shape index (κ2) is 5.02. The Balaban J connectivity index is 2.27. The second-order valence-corrected chi connectivity index (χ2v) is 5.17. The Morgan fingerprint density at radius 2 is 1.68 bits per heavy atom. The zero-order valence-corrected chi connectivity index (χ0v) is 10.3. The topological polar surface area (TPSA) is 112 Å². The highest BCUT2D eigenvalue weighted by molar-refractivity contribution is 7.92. The van der Waals surface area contributed by atoms with Crippen molar-refractivity contribution in [3.05, 3.63) is 48.3 Å². The number of hydrogen-bond acceptors (Lipinski definition) is 6. The van der Waals surface area contributed by atoms with Gasteiger partial charge in [-0.25, -0.2) is 23.1 Å². The Morgan fingerprint density at radius 1 is 1.11 bits per heavy atom. The van der Waals surface area contributed by atoms with E-state index in [9.17, 15) is 18.3 Å². The summed E-state index contributed by atoms with van der Waals surface area (Å²) in [4.78, 5) is 17.9. The molecule has 0 radical (unpaired) electrons. The third-order valence-corrected chi connectivity index (χ3v) is 3.54. The van der Waals surface area contributed by atoms with Crippen LogP contribution in [0.2, 0.25) is 0 Å². The predicted molar refractivity (Wildman–Crippen MR) is 63.6 cm³/mol. The zero-order valence-electron chi connectivity index (χ0n) is 9.48. The molecule has 0 saturated heterocycles. The van der Waals surface area contributed by atoms with Crippen LogP contribution >= 0.6 is 0 Å². The number of carboxylic acid groups (broad SMARTS) is 1. The van der Waals surface area contributed by atoms with Gasteiger partial charge in [-0.2, -0.15) is 0 Å². The van der Waals surface area contributed by atoms with Crippen LogP contribution in [0, 0.1) is 0 Å². The lowest BCUT2D eigenvalue weighted by Gasteiger charge is -2.07. The number of anilines is 1. The molecule has 0 aliphatic heterocycles. The van der Waals surface area contributed by atoms with Crippen molar-refractivity contribution in [1.82, 2.24) is 9.97 Å². The number of carbonyl (C=O) groups is 1. The minimum atomic E-state index is -3.84. The van der Waals surface area contributed by atoms with Gasteiger partial charge in [-0.3, -0.25) is 0 Å². The number of aromatic carboxylic acids is 1. The van der Waals surface area contributed by atoms with Gasteiger partial charge >= 0.3 is 0 Å². The summed E-state index contributed by atoms with van der Waals surface area (Å²) in [6.07, 6.45) is 2.79. The van der Waals surface area contributed by atoms with E-state index in [0.717, 1.165) is 24.3 Å². The van der Waals surface area contributed by atoms with E-state index in [1.807, 2.05) is 0 Å². The molecule has 2 rings (SSSR count). The Morgan fingerprint density at radius 3 is 2.21 bits per heavy atom. The molecule has 1 heterocycles. The molecule has 19 heavy (non-hydrogen) atoms. The molecule has 0 saturated carbocycles. The molecule has 0 fully saturated rings. The van der Waals surface area contributed by atoms with Gasteiger partial charge in [-0.05, 0) is 23.8 Å². The van der Waals surface area contributed by atoms with Crippen LogP contribution in [-0.4, -0.2) is 24.4 Å². The molecular weight excluding hydrogens is 270 g/mol. The van der Waals surface area contributed by atoms with Crippen molar-refractivity contribution in [3.63, 3.8) is 0 Å². The number of hydrogen-bond donors (Lipinski definition) is 1. The molecule has 0 atom stereocenters. The van der Waals surface area contributed by atoms with Crippen LogP contribution in [0.5, 0.6) is 0 Å². The Bertz CT molecular complexity index is 684. The first-order valence-corrected chi connectivity index (χ1v) is 6.58. The molecular formula is C11H8N3O4S-. The molecule has 2 aromatic rings. The van der Waals surface area contributed by atoms with Gasteiger partial charge < -0.3 is 9.90 Å². The molecule has 0 unspecified atom stereocenters. The van der Waals surface area contributed by atoms with Crippen molar-refractivity contribution in [2.24, 2.45) is 0 Å². The maximum Gasteiger partial charge on any atom is 0.264 e. The summed E-state index contributed by atoms with van der Waals surface area (Å²) in [7, 11) is -3.84.